The Morgan fingerprint density at radius 1 is 0.980 bits per heavy atom. The van der Waals surface area contributed by atoms with Crippen LogP contribution in [0.4, 0.5) is 19.0 Å². The van der Waals surface area contributed by atoms with Gasteiger partial charge in [-0.05, 0) is 106 Å². The van der Waals surface area contributed by atoms with Gasteiger partial charge in [0.25, 0.3) is 5.91 Å². The molecule has 4 N–H and O–H groups in total. The van der Waals surface area contributed by atoms with E-state index in [-0.39, 0.29) is 53.0 Å². The number of benzene rings is 2. The van der Waals surface area contributed by atoms with Crippen LogP contribution in [0.2, 0.25) is 0 Å². The predicted octanol–water partition coefficient (Wildman–Crippen LogP) is 5.99. The summed E-state index contributed by atoms with van der Waals surface area (Å²) in [7, 11) is 0. The first kappa shape index (κ1) is 35.6. The van der Waals surface area contributed by atoms with Crippen LogP contribution in [-0.4, -0.2) is 75.0 Å². The largest absolute Gasteiger partial charge is 0.481 e. The van der Waals surface area contributed by atoms with Gasteiger partial charge in [-0.3, -0.25) is 14.4 Å². The molecule has 2 saturated carbocycles. The predicted molar refractivity (Wildman–Crippen MR) is 183 cm³/mol. The lowest BCUT2D eigenvalue weighted by atomic mass is 9.78. The number of hydrogen-bond acceptors (Lipinski definition) is 7. The molecule has 0 unspecified atom stereocenters. The third-order valence-electron chi connectivity index (χ3n) is 10.6. The molecule has 10 nitrogen and oxygen atoms in total. The lowest BCUT2D eigenvalue weighted by Gasteiger charge is -2.42. The minimum Gasteiger partial charge on any atom is -0.481 e. The molecule has 268 valence electrons. The smallest absolute Gasteiger partial charge is 0.416 e. The summed E-state index contributed by atoms with van der Waals surface area (Å²) in [5.74, 6) is -0.522. The second-order valence-electron chi connectivity index (χ2n) is 14.4. The van der Waals surface area contributed by atoms with Gasteiger partial charge in [0, 0.05) is 23.5 Å². The van der Waals surface area contributed by atoms with Crippen molar-refractivity contribution in [2.75, 3.05) is 18.4 Å². The summed E-state index contributed by atoms with van der Waals surface area (Å²) in [6, 6.07) is 9.75. The average Bonchev–Trinajstić information content (AvgIpc) is 3.46. The van der Waals surface area contributed by atoms with Gasteiger partial charge in [0.15, 0.2) is 0 Å². The third-order valence-corrected chi connectivity index (χ3v) is 10.6. The van der Waals surface area contributed by atoms with Crippen LogP contribution in [0.15, 0.2) is 48.8 Å². The number of anilines is 1. The van der Waals surface area contributed by atoms with Gasteiger partial charge in [-0.25, -0.2) is 9.97 Å². The van der Waals surface area contributed by atoms with Gasteiger partial charge in [-0.1, -0.05) is 26.0 Å². The number of rotatable bonds is 10. The van der Waals surface area contributed by atoms with E-state index in [1.54, 1.807) is 0 Å². The van der Waals surface area contributed by atoms with E-state index >= 15 is 0 Å². The van der Waals surface area contributed by atoms with Crippen LogP contribution in [0.1, 0.15) is 92.6 Å². The molecule has 1 aromatic heterocycles. The van der Waals surface area contributed by atoms with E-state index < -0.39 is 23.8 Å². The summed E-state index contributed by atoms with van der Waals surface area (Å²) in [6.07, 6.45) is 2.24. The number of aliphatic carboxylic acids is 1. The molecule has 2 aromatic carbocycles. The number of carboxylic acid groups (broad SMARTS) is 1. The SMILES string of the molecule is CC(C)CN[C@@H]1CC[C@H](N2CC[C@H](Nc3ncnc4ccc(C(F)(F)F)cc34)C2=O)[C@H](NC(=O)c2ccc(C3CCC(C(=O)O)CC3)cc2)C1. The van der Waals surface area contributed by atoms with Crippen LogP contribution in [0.3, 0.4) is 0 Å². The highest BCUT2D eigenvalue weighted by atomic mass is 19.4. The quantitative estimate of drug-likeness (QED) is 0.204. The van der Waals surface area contributed by atoms with Gasteiger partial charge in [-0.15, -0.1) is 0 Å². The van der Waals surface area contributed by atoms with Gasteiger partial charge in [0.1, 0.15) is 18.2 Å². The molecule has 2 aliphatic carbocycles. The number of likely N-dealkylation sites (tertiary alicyclic amines) is 1. The first-order valence-electron chi connectivity index (χ1n) is 17.6. The van der Waals surface area contributed by atoms with Crippen molar-refractivity contribution in [2.24, 2.45) is 11.8 Å². The van der Waals surface area contributed by atoms with Gasteiger partial charge in [-0.2, -0.15) is 13.2 Å². The maximum Gasteiger partial charge on any atom is 0.416 e. The van der Waals surface area contributed by atoms with Crippen LogP contribution in [0.25, 0.3) is 10.9 Å². The monoisotopic (exact) mass is 694 g/mol. The fourth-order valence-electron chi connectivity index (χ4n) is 7.78. The van der Waals surface area contributed by atoms with Crippen LogP contribution < -0.4 is 16.0 Å². The Morgan fingerprint density at radius 3 is 2.40 bits per heavy atom. The van der Waals surface area contributed by atoms with Crippen LogP contribution in [0.5, 0.6) is 0 Å². The fourth-order valence-corrected chi connectivity index (χ4v) is 7.78. The highest BCUT2D eigenvalue weighted by molar-refractivity contribution is 5.95. The minimum atomic E-state index is -4.53. The zero-order valence-corrected chi connectivity index (χ0v) is 28.4. The molecule has 50 heavy (non-hydrogen) atoms. The Balaban J connectivity index is 1.15. The Hall–Kier alpha value is -4.26. The topological polar surface area (TPSA) is 137 Å². The van der Waals surface area contributed by atoms with Crippen LogP contribution in [0, 0.1) is 11.8 Å². The maximum absolute atomic E-state index is 13.9. The summed E-state index contributed by atoms with van der Waals surface area (Å²) in [6.45, 7) is 5.55. The number of nitrogens with one attached hydrogen (secondary N) is 3. The highest BCUT2D eigenvalue weighted by Gasteiger charge is 2.43. The second kappa shape index (κ2) is 14.9. The number of alkyl halides is 3. The number of aromatic nitrogens is 2. The van der Waals surface area contributed by atoms with Crippen molar-refractivity contribution >= 4 is 34.5 Å². The molecule has 2 amide bonds. The molecular weight excluding hydrogens is 649 g/mol. The van der Waals surface area contributed by atoms with Gasteiger partial charge >= 0.3 is 12.1 Å². The van der Waals surface area contributed by atoms with E-state index in [2.05, 4.69) is 39.8 Å². The number of halogens is 3. The standard InChI is InChI=1S/C37H45F3N6O4/c1-21(2)19-41-27-12-14-32(31(18-27)45-34(47)24-7-3-22(4-8-24)23-5-9-25(10-6-23)36(49)50)46-16-15-30(35(46)48)44-33-28-17-26(37(38,39)40)11-13-29(28)42-20-43-33/h3-4,7-8,11,13,17,20-21,23,25,27,30-32,41H,5-6,9-10,12,14-16,18-19H2,1-2H3,(H,45,47)(H,49,50)(H,42,43,44)/t23?,25?,27-,30+,31-,32+/m1/s1. The van der Waals surface area contributed by atoms with Crippen molar-refractivity contribution in [3.8, 4) is 0 Å². The summed E-state index contributed by atoms with van der Waals surface area (Å²) in [5, 5.41) is 19.5. The Bertz CT molecular complexity index is 1690. The molecule has 3 aromatic rings. The number of amides is 2. The summed E-state index contributed by atoms with van der Waals surface area (Å²) < 4.78 is 40.4. The summed E-state index contributed by atoms with van der Waals surface area (Å²) in [4.78, 5) is 49.0. The van der Waals surface area contributed by atoms with Crippen molar-refractivity contribution in [1.82, 2.24) is 25.5 Å². The molecule has 3 aliphatic rings. The number of carbonyl (C=O) groups excluding carboxylic acids is 2. The van der Waals surface area contributed by atoms with Crippen LogP contribution in [-0.2, 0) is 15.8 Å². The van der Waals surface area contributed by atoms with Crippen molar-refractivity contribution < 1.29 is 32.7 Å². The molecule has 3 fully saturated rings. The highest BCUT2D eigenvalue weighted by Crippen LogP contribution is 2.37. The van der Waals surface area contributed by atoms with Crippen molar-refractivity contribution in [3.63, 3.8) is 0 Å². The molecule has 1 aliphatic heterocycles. The molecule has 0 radical (unpaired) electrons. The molecule has 2 heterocycles. The minimum absolute atomic E-state index is 0.170. The summed E-state index contributed by atoms with van der Waals surface area (Å²) >= 11 is 0. The Kier molecular flexibility index (Phi) is 10.6. The molecule has 0 spiro atoms. The number of fused-ring (bicyclic) bond motifs is 1. The third kappa shape index (κ3) is 8.03. The van der Waals surface area contributed by atoms with E-state index in [1.165, 1.54) is 12.4 Å². The summed E-state index contributed by atoms with van der Waals surface area (Å²) in [5.41, 5.74) is 1.14. The van der Waals surface area contributed by atoms with E-state index in [0.29, 0.717) is 55.6 Å². The molecular formula is C37H45F3N6O4. The van der Waals surface area contributed by atoms with Crippen LogP contribution >= 0.6 is 0 Å². The molecule has 13 heteroatoms. The zero-order valence-electron chi connectivity index (χ0n) is 28.4. The van der Waals surface area contributed by atoms with Gasteiger partial charge in [0.2, 0.25) is 5.91 Å². The molecule has 1 saturated heterocycles. The zero-order chi connectivity index (χ0) is 35.6. The van der Waals surface area contributed by atoms with E-state index in [1.807, 2.05) is 29.2 Å². The average molecular weight is 695 g/mol. The van der Waals surface area contributed by atoms with E-state index in [0.717, 1.165) is 43.5 Å². The first-order chi connectivity index (χ1) is 23.9. The Morgan fingerprint density at radius 2 is 1.72 bits per heavy atom. The van der Waals surface area contributed by atoms with Gasteiger partial charge < -0.3 is 26.0 Å². The van der Waals surface area contributed by atoms with E-state index in [9.17, 15) is 32.7 Å². The van der Waals surface area contributed by atoms with Crippen molar-refractivity contribution in [1.29, 1.82) is 0 Å². The number of carboxylic acids is 1. The van der Waals surface area contributed by atoms with Gasteiger partial charge in [0.05, 0.1) is 29.1 Å². The first-order valence-corrected chi connectivity index (χ1v) is 17.6. The van der Waals surface area contributed by atoms with Crippen molar-refractivity contribution in [3.05, 3.63) is 65.5 Å². The lowest BCUT2D eigenvalue weighted by molar-refractivity contribution is -0.143. The maximum atomic E-state index is 13.9. The molecule has 4 atom stereocenters. The van der Waals surface area contributed by atoms with E-state index in [4.69, 9.17) is 0 Å². The lowest BCUT2D eigenvalue weighted by Crippen LogP contribution is -2.58. The Labute approximate surface area is 289 Å². The number of nitrogens with zero attached hydrogens (tertiary/aromatic N) is 3. The molecule has 0 bridgehead atoms. The second-order valence-corrected chi connectivity index (χ2v) is 14.4. The van der Waals surface area contributed by atoms with Crippen molar-refractivity contribution in [2.45, 2.75) is 101 Å². The normalized spacial score (nSPS) is 26.0. The number of carbonyl (C=O) groups is 3. The molecule has 6 rings (SSSR count). The number of hydrogen-bond donors (Lipinski definition) is 4. The fraction of sp³-hybridized carbons (Fsp3) is 0.541.